The van der Waals surface area contributed by atoms with Crippen molar-refractivity contribution < 1.29 is 9.47 Å². The predicted octanol–water partition coefficient (Wildman–Crippen LogP) is 3.47. The van der Waals surface area contributed by atoms with Crippen molar-refractivity contribution in [2.45, 2.75) is 19.5 Å². The summed E-state index contributed by atoms with van der Waals surface area (Å²) in [7, 11) is 5.12. The summed E-state index contributed by atoms with van der Waals surface area (Å²) in [5.41, 5.74) is 3.53. The molecule has 31 heavy (non-hydrogen) atoms. The van der Waals surface area contributed by atoms with Crippen molar-refractivity contribution in [3.63, 3.8) is 0 Å². The fourth-order valence-corrected chi connectivity index (χ4v) is 3.25. The van der Waals surface area contributed by atoms with E-state index in [1.165, 1.54) is 11.1 Å². The number of benzene rings is 2. The zero-order valence-corrected chi connectivity index (χ0v) is 20.5. The van der Waals surface area contributed by atoms with Crippen molar-refractivity contribution in [3.8, 4) is 11.5 Å². The largest absolute Gasteiger partial charge is 0.497 e. The van der Waals surface area contributed by atoms with Gasteiger partial charge in [-0.1, -0.05) is 24.3 Å². The minimum atomic E-state index is 0. The van der Waals surface area contributed by atoms with E-state index >= 15 is 0 Å². The van der Waals surface area contributed by atoms with Crippen molar-refractivity contribution in [1.82, 2.24) is 20.4 Å². The smallest absolute Gasteiger partial charge is 0.191 e. The molecule has 0 unspecified atom stereocenters. The molecule has 0 aliphatic rings. The van der Waals surface area contributed by atoms with Crippen LogP contribution in [0.1, 0.15) is 16.7 Å². The van der Waals surface area contributed by atoms with Gasteiger partial charge >= 0.3 is 0 Å². The summed E-state index contributed by atoms with van der Waals surface area (Å²) in [6.07, 6.45) is 4.55. The minimum Gasteiger partial charge on any atom is -0.497 e. The Morgan fingerprint density at radius 2 is 1.81 bits per heavy atom. The molecule has 3 aromatic rings. The van der Waals surface area contributed by atoms with E-state index in [-0.39, 0.29) is 24.0 Å². The lowest BCUT2D eigenvalue weighted by atomic mass is 10.1. The molecule has 0 amide bonds. The summed E-state index contributed by atoms with van der Waals surface area (Å²) in [5, 5.41) is 11.1. The van der Waals surface area contributed by atoms with Crippen LogP contribution in [0.5, 0.6) is 11.5 Å². The van der Waals surface area contributed by atoms with Gasteiger partial charge in [0.15, 0.2) is 5.96 Å². The molecule has 1 aromatic heterocycles. The lowest BCUT2D eigenvalue weighted by Crippen LogP contribution is -2.38. The van der Waals surface area contributed by atoms with Gasteiger partial charge in [-0.05, 0) is 47.4 Å². The molecular weight excluding hydrogens is 505 g/mol. The van der Waals surface area contributed by atoms with E-state index in [0.717, 1.165) is 42.5 Å². The van der Waals surface area contributed by atoms with Gasteiger partial charge in [0.2, 0.25) is 0 Å². The van der Waals surface area contributed by atoms with Crippen LogP contribution >= 0.6 is 24.0 Å². The minimum absolute atomic E-state index is 0. The number of hydrogen-bond donors (Lipinski definition) is 2. The Labute approximate surface area is 200 Å². The number of hydrogen-bond acceptors (Lipinski definition) is 4. The summed E-state index contributed by atoms with van der Waals surface area (Å²) in [6, 6.07) is 16.1. The third-order valence-corrected chi connectivity index (χ3v) is 4.85. The van der Waals surface area contributed by atoms with Crippen LogP contribution in [0.3, 0.4) is 0 Å². The Hall–Kier alpha value is -2.75. The Balaban J connectivity index is 0.00000341. The first-order valence-electron chi connectivity index (χ1n) is 9.93. The zero-order chi connectivity index (χ0) is 21.2. The highest BCUT2D eigenvalue weighted by Crippen LogP contribution is 2.24. The van der Waals surface area contributed by atoms with Crippen molar-refractivity contribution in [1.29, 1.82) is 0 Å². The third-order valence-electron chi connectivity index (χ3n) is 4.85. The second-order valence-corrected chi connectivity index (χ2v) is 6.75. The first-order valence-corrected chi connectivity index (χ1v) is 9.93. The van der Waals surface area contributed by atoms with Crippen LogP contribution in [-0.4, -0.2) is 43.6 Å². The second kappa shape index (κ2) is 12.8. The number of ether oxygens (including phenoxy) is 2. The number of rotatable bonds is 9. The van der Waals surface area contributed by atoms with Crippen LogP contribution in [0.4, 0.5) is 0 Å². The summed E-state index contributed by atoms with van der Waals surface area (Å²) < 4.78 is 12.7. The van der Waals surface area contributed by atoms with Crippen molar-refractivity contribution in [2.75, 3.05) is 27.8 Å². The normalized spacial score (nSPS) is 10.9. The van der Waals surface area contributed by atoms with Gasteiger partial charge in [0.05, 0.1) is 20.8 Å². The highest BCUT2D eigenvalue weighted by Gasteiger charge is 2.07. The third kappa shape index (κ3) is 7.16. The molecule has 7 nitrogen and oxygen atoms in total. The van der Waals surface area contributed by atoms with Crippen LogP contribution in [0.25, 0.3) is 0 Å². The van der Waals surface area contributed by atoms with Gasteiger partial charge in [0.25, 0.3) is 0 Å². The topological polar surface area (TPSA) is 72.7 Å². The fourth-order valence-electron chi connectivity index (χ4n) is 3.25. The van der Waals surface area contributed by atoms with Crippen molar-refractivity contribution in [2.24, 2.45) is 4.99 Å². The highest BCUT2D eigenvalue weighted by molar-refractivity contribution is 14.0. The van der Waals surface area contributed by atoms with Gasteiger partial charge in [-0.15, -0.1) is 24.0 Å². The van der Waals surface area contributed by atoms with Gasteiger partial charge in [0.1, 0.15) is 11.5 Å². The number of nitrogens with zero attached hydrogens (tertiary/aromatic N) is 3. The highest BCUT2D eigenvalue weighted by atomic mass is 127. The van der Waals surface area contributed by atoms with E-state index in [1.807, 2.05) is 35.1 Å². The number of aromatic nitrogens is 2. The van der Waals surface area contributed by atoms with Gasteiger partial charge < -0.3 is 20.1 Å². The summed E-state index contributed by atoms with van der Waals surface area (Å²) in [4.78, 5) is 4.34. The molecule has 1 heterocycles. The molecule has 3 rings (SSSR count). The Morgan fingerprint density at radius 1 is 1.00 bits per heavy atom. The maximum atomic E-state index is 5.45. The Kier molecular flexibility index (Phi) is 10.2. The molecule has 2 N–H and O–H groups in total. The van der Waals surface area contributed by atoms with Crippen molar-refractivity contribution >= 4 is 29.9 Å². The van der Waals surface area contributed by atoms with E-state index < -0.39 is 0 Å². The number of guanidine groups is 1. The van der Waals surface area contributed by atoms with E-state index in [9.17, 15) is 0 Å². The molecule has 0 aliphatic heterocycles. The molecule has 0 bridgehead atoms. The van der Waals surface area contributed by atoms with Crippen LogP contribution < -0.4 is 20.1 Å². The summed E-state index contributed by atoms with van der Waals surface area (Å²) >= 11 is 0. The molecule has 0 fully saturated rings. The number of methoxy groups -OCH3 is 2. The van der Waals surface area contributed by atoms with Crippen LogP contribution in [0, 0.1) is 0 Å². The number of halogens is 1. The average molecular weight is 535 g/mol. The van der Waals surface area contributed by atoms with E-state index in [1.54, 1.807) is 27.5 Å². The first kappa shape index (κ1) is 24.5. The Morgan fingerprint density at radius 3 is 2.48 bits per heavy atom. The molecule has 0 aliphatic carbocycles. The SMILES string of the molecule is CN=C(NCCc1cc(OC)ccc1OC)NCc1ccccc1Cn1cccn1.I. The van der Waals surface area contributed by atoms with Crippen LogP contribution in [0.2, 0.25) is 0 Å². The predicted molar refractivity (Wildman–Crippen MR) is 135 cm³/mol. The van der Waals surface area contributed by atoms with E-state index in [0.29, 0.717) is 6.54 Å². The molecule has 0 atom stereocenters. The van der Waals surface area contributed by atoms with Crippen LogP contribution in [-0.2, 0) is 19.5 Å². The molecule has 2 aromatic carbocycles. The maximum Gasteiger partial charge on any atom is 0.191 e. The average Bonchev–Trinajstić information content (AvgIpc) is 3.30. The molecule has 8 heteroatoms. The number of aliphatic imine (C=N–C) groups is 1. The van der Waals surface area contributed by atoms with Gasteiger partial charge in [-0.25, -0.2) is 0 Å². The Bertz CT molecular complexity index is 960. The van der Waals surface area contributed by atoms with E-state index in [4.69, 9.17) is 9.47 Å². The van der Waals surface area contributed by atoms with Gasteiger partial charge in [0, 0.05) is 32.5 Å². The lowest BCUT2D eigenvalue weighted by Gasteiger charge is -2.15. The van der Waals surface area contributed by atoms with Crippen molar-refractivity contribution in [3.05, 3.63) is 77.6 Å². The standard InChI is InChI=1S/C23H29N5O2.HI/c1-24-23(25-13-11-18-15-21(29-2)9-10-22(18)30-3)26-16-19-7-4-5-8-20(19)17-28-14-6-12-27-28;/h4-10,12,14-15H,11,13,16-17H2,1-3H3,(H2,24,25,26);1H. The molecule has 0 spiro atoms. The summed E-state index contributed by atoms with van der Waals surface area (Å²) in [5.74, 6) is 2.43. The second-order valence-electron chi connectivity index (χ2n) is 6.75. The molecule has 0 saturated carbocycles. The first-order chi connectivity index (χ1) is 14.7. The summed E-state index contributed by atoms with van der Waals surface area (Å²) in [6.45, 7) is 2.14. The quantitative estimate of drug-likeness (QED) is 0.250. The fraction of sp³-hybridized carbons (Fsp3) is 0.304. The molecule has 166 valence electrons. The molecule has 0 radical (unpaired) electrons. The lowest BCUT2D eigenvalue weighted by molar-refractivity contribution is 0.398. The van der Waals surface area contributed by atoms with Gasteiger partial charge in [-0.3, -0.25) is 9.67 Å². The van der Waals surface area contributed by atoms with Crippen LogP contribution in [0.15, 0.2) is 65.9 Å². The monoisotopic (exact) mass is 535 g/mol. The van der Waals surface area contributed by atoms with Gasteiger partial charge in [-0.2, -0.15) is 5.10 Å². The number of nitrogens with one attached hydrogen (secondary N) is 2. The molecule has 0 saturated heterocycles. The molecular formula is C23H30IN5O2. The van der Waals surface area contributed by atoms with E-state index in [2.05, 4.69) is 45.0 Å². The zero-order valence-electron chi connectivity index (χ0n) is 18.2. The maximum absolute atomic E-state index is 5.45.